The number of aliphatic imine (C=N–C) groups is 1. The Morgan fingerprint density at radius 1 is 1.03 bits per heavy atom. The predicted molar refractivity (Wildman–Crippen MR) is 110 cm³/mol. The van der Waals surface area contributed by atoms with Crippen LogP contribution in [-0.2, 0) is 9.53 Å². The first-order valence-corrected chi connectivity index (χ1v) is 9.16. The van der Waals surface area contributed by atoms with Gasteiger partial charge in [0.2, 0.25) is 5.90 Å². The molecule has 0 aromatic heterocycles. The molecule has 0 saturated heterocycles. The van der Waals surface area contributed by atoms with Gasteiger partial charge in [-0.1, -0.05) is 36.4 Å². The van der Waals surface area contributed by atoms with Crippen LogP contribution in [0.25, 0.3) is 6.08 Å². The Morgan fingerprint density at radius 2 is 1.80 bits per heavy atom. The normalized spacial score (nSPS) is 14.4. The summed E-state index contributed by atoms with van der Waals surface area (Å²) in [5, 5.41) is 0. The summed E-state index contributed by atoms with van der Waals surface area (Å²) >= 11 is 0. The molecule has 0 spiro atoms. The third-order valence-corrected chi connectivity index (χ3v) is 4.45. The molecule has 0 atom stereocenters. The van der Waals surface area contributed by atoms with E-state index in [1.807, 2.05) is 19.1 Å². The van der Waals surface area contributed by atoms with E-state index in [2.05, 4.69) is 4.99 Å². The van der Waals surface area contributed by atoms with Crippen molar-refractivity contribution in [3.05, 3.63) is 107 Å². The van der Waals surface area contributed by atoms with Crippen LogP contribution in [0.1, 0.15) is 27.0 Å². The quantitative estimate of drug-likeness (QED) is 0.361. The monoisotopic (exact) mass is 401 g/mol. The van der Waals surface area contributed by atoms with Crippen molar-refractivity contribution in [3.8, 4) is 5.75 Å². The number of ether oxygens (including phenoxy) is 2. The zero-order chi connectivity index (χ0) is 21.1. The standard InChI is InChI=1S/C24H16FNO4/c1-15-5-2-3-8-20(15)23(27)29-19-11-9-16(10-12-19)13-21-24(28)30-22(26-21)17-6-4-7-18(25)14-17/h2-14H,1H3/b21-13-. The minimum Gasteiger partial charge on any atom is -0.423 e. The van der Waals surface area contributed by atoms with E-state index >= 15 is 0 Å². The zero-order valence-electron chi connectivity index (χ0n) is 16.0. The highest BCUT2D eigenvalue weighted by atomic mass is 19.1. The van der Waals surface area contributed by atoms with Crippen molar-refractivity contribution in [1.82, 2.24) is 0 Å². The second-order valence-electron chi connectivity index (χ2n) is 6.62. The summed E-state index contributed by atoms with van der Waals surface area (Å²) in [7, 11) is 0. The van der Waals surface area contributed by atoms with E-state index in [1.54, 1.807) is 48.5 Å². The summed E-state index contributed by atoms with van der Waals surface area (Å²) in [5.41, 5.74) is 2.47. The number of carbonyl (C=O) groups is 2. The van der Waals surface area contributed by atoms with Crippen LogP contribution in [0.2, 0.25) is 0 Å². The van der Waals surface area contributed by atoms with Crippen LogP contribution in [0.15, 0.2) is 83.5 Å². The van der Waals surface area contributed by atoms with Crippen LogP contribution in [0.5, 0.6) is 5.75 Å². The van der Waals surface area contributed by atoms with E-state index in [1.165, 1.54) is 18.2 Å². The average molecular weight is 401 g/mol. The van der Waals surface area contributed by atoms with Crippen molar-refractivity contribution in [2.75, 3.05) is 0 Å². The molecule has 0 radical (unpaired) electrons. The number of cyclic esters (lactones) is 1. The first kappa shape index (κ1) is 19.3. The average Bonchev–Trinajstić information content (AvgIpc) is 3.10. The van der Waals surface area contributed by atoms with Gasteiger partial charge in [-0.15, -0.1) is 0 Å². The molecular formula is C24H16FNO4. The Bertz CT molecular complexity index is 1200. The first-order chi connectivity index (χ1) is 14.5. The van der Waals surface area contributed by atoms with Crippen molar-refractivity contribution in [2.45, 2.75) is 6.92 Å². The molecule has 1 heterocycles. The number of hydrogen-bond acceptors (Lipinski definition) is 5. The molecule has 0 N–H and O–H groups in total. The van der Waals surface area contributed by atoms with Crippen molar-refractivity contribution in [3.63, 3.8) is 0 Å². The molecule has 0 aliphatic carbocycles. The SMILES string of the molecule is Cc1ccccc1C(=O)Oc1ccc(/C=C2\N=C(c3cccc(F)c3)OC2=O)cc1. The predicted octanol–water partition coefficient (Wildman–Crippen LogP) is 4.70. The van der Waals surface area contributed by atoms with Gasteiger partial charge in [-0.25, -0.2) is 19.0 Å². The van der Waals surface area contributed by atoms with E-state index < -0.39 is 17.8 Å². The molecular weight excluding hydrogens is 385 g/mol. The van der Waals surface area contributed by atoms with Crippen LogP contribution < -0.4 is 4.74 Å². The van der Waals surface area contributed by atoms with Crippen LogP contribution in [0, 0.1) is 12.7 Å². The number of aryl methyl sites for hydroxylation is 1. The molecule has 148 valence electrons. The molecule has 5 nitrogen and oxygen atoms in total. The molecule has 0 saturated carbocycles. The highest BCUT2D eigenvalue weighted by molar-refractivity contribution is 6.12. The Labute approximate surface area is 172 Å². The third kappa shape index (κ3) is 4.17. The Hall–Kier alpha value is -4.06. The lowest BCUT2D eigenvalue weighted by atomic mass is 10.1. The molecule has 1 aliphatic heterocycles. The lowest BCUT2D eigenvalue weighted by Crippen LogP contribution is -2.09. The van der Waals surface area contributed by atoms with Gasteiger partial charge in [-0.05, 0) is 60.5 Å². The van der Waals surface area contributed by atoms with Gasteiger partial charge in [-0.2, -0.15) is 0 Å². The second-order valence-corrected chi connectivity index (χ2v) is 6.62. The largest absolute Gasteiger partial charge is 0.423 e. The minimum absolute atomic E-state index is 0.0505. The maximum atomic E-state index is 13.4. The highest BCUT2D eigenvalue weighted by Crippen LogP contribution is 2.21. The smallest absolute Gasteiger partial charge is 0.363 e. The van der Waals surface area contributed by atoms with E-state index in [0.717, 1.165) is 5.56 Å². The molecule has 0 bridgehead atoms. The second kappa shape index (κ2) is 8.13. The van der Waals surface area contributed by atoms with Gasteiger partial charge in [0.25, 0.3) is 0 Å². The summed E-state index contributed by atoms with van der Waals surface area (Å²) < 4.78 is 23.9. The number of nitrogens with zero attached hydrogens (tertiary/aromatic N) is 1. The zero-order valence-corrected chi connectivity index (χ0v) is 16.0. The molecule has 3 aromatic carbocycles. The lowest BCUT2D eigenvalue weighted by Gasteiger charge is -2.06. The van der Waals surface area contributed by atoms with Gasteiger partial charge in [-0.3, -0.25) is 0 Å². The van der Waals surface area contributed by atoms with Gasteiger partial charge in [0.1, 0.15) is 11.6 Å². The molecule has 0 amide bonds. The number of esters is 2. The number of carbonyl (C=O) groups excluding carboxylic acids is 2. The number of benzene rings is 3. The summed E-state index contributed by atoms with van der Waals surface area (Å²) in [4.78, 5) is 28.5. The number of hydrogen-bond donors (Lipinski definition) is 0. The van der Waals surface area contributed by atoms with Gasteiger partial charge in [0, 0.05) is 5.56 Å². The molecule has 30 heavy (non-hydrogen) atoms. The fourth-order valence-electron chi connectivity index (χ4n) is 2.91. The van der Waals surface area contributed by atoms with Crippen LogP contribution in [-0.4, -0.2) is 17.8 Å². The van der Waals surface area contributed by atoms with Crippen LogP contribution in [0.3, 0.4) is 0 Å². The summed E-state index contributed by atoms with van der Waals surface area (Å²) in [6.45, 7) is 1.84. The number of halogens is 1. The first-order valence-electron chi connectivity index (χ1n) is 9.16. The van der Waals surface area contributed by atoms with E-state index in [4.69, 9.17) is 9.47 Å². The van der Waals surface area contributed by atoms with Crippen molar-refractivity contribution < 1.29 is 23.5 Å². The fraction of sp³-hybridized carbons (Fsp3) is 0.0417. The summed E-state index contributed by atoms with van der Waals surface area (Å²) in [6, 6.07) is 19.5. The highest BCUT2D eigenvalue weighted by Gasteiger charge is 2.24. The molecule has 3 aromatic rings. The molecule has 0 unspecified atom stereocenters. The van der Waals surface area contributed by atoms with E-state index in [9.17, 15) is 14.0 Å². The maximum absolute atomic E-state index is 13.4. The molecule has 1 aliphatic rings. The topological polar surface area (TPSA) is 65.0 Å². The Kier molecular flexibility index (Phi) is 5.22. The summed E-state index contributed by atoms with van der Waals surface area (Å²) in [6.07, 6.45) is 1.54. The Morgan fingerprint density at radius 3 is 2.53 bits per heavy atom. The van der Waals surface area contributed by atoms with Gasteiger partial charge in [0.05, 0.1) is 5.56 Å². The summed E-state index contributed by atoms with van der Waals surface area (Å²) in [5.74, 6) is -1.08. The third-order valence-electron chi connectivity index (χ3n) is 4.45. The Balaban J connectivity index is 1.50. The fourth-order valence-corrected chi connectivity index (χ4v) is 2.91. The van der Waals surface area contributed by atoms with Crippen LogP contribution >= 0.6 is 0 Å². The van der Waals surface area contributed by atoms with E-state index in [-0.39, 0.29) is 11.6 Å². The van der Waals surface area contributed by atoms with Crippen molar-refractivity contribution in [1.29, 1.82) is 0 Å². The van der Waals surface area contributed by atoms with Gasteiger partial charge in [0.15, 0.2) is 5.70 Å². The van der Waals surface area contributed by atoms with E-state index in [0.29, 0.717) is 22.4 Å². The molecule has 6 heteroatoms. The van der Waals surface area contributed by atoms with Gasteiger partial charge < -0.3 is 9.47 Å². The van der Waals surface area contributed by atoms with Gasteiger partial charge >= 0.3 is 11.9 Å². The minimum atomic E-state index is -0.621. The molecule has 4 rings (SSSR count). The number of rotatable bonds is 4. The molecule has 0 fully saturated rings. The maximum Gasteiger partial charge on any atom is 0.363 e. The van der Waals surface area contributed by atoms with Crippen molar-refractivity contribution in [2.24, 2.45) is 4.99 Å². The van der Waals surface area contributed by atoms with Crippen LogP contribution in [0.4, 0.5) is 4.39 Å². The van der Waals surface area contributed by atoms with Crippen molar-refractivity contribution >= 4 is 23.9 Å². The lowest BCUT2D eigenvalue weighted by molar-refractivity contribution is -0.129.